The maximum Gasteiger partial charge on any atom is 0.0713 e. The highest BCUT2D eigenvalue weighted by atomic mass is 32.1. The Hall–Kier alpha value is -7.78. The first-order valence-electron chi connectivity index (χ1n) is 21.7. The van der Waals surface area contributed by atoms with Crippen LogP contribution in [0.4, 0.5) is 17.1 Å². The van der Waals surface area contributed by atoms with E-state index in [1.807, 2.05) is 11.3 Å². The van der Waals surface area contributed by atoms with E-state index in [1.165, 1.54) is 86.9 Å². The van der Waals surface area contributed by atoms with E-state index in [1.54, 1.807) is 0 Å². The van der Waals surface area contributed by atoms with Gasteiger partial charge in [0.15, 0.2) is 0 Å². The van der Waals surface area contributed by atoms with E-state index in [0.717, 1.165) is 17.1 Å². The molecule has 0 unspecified atom stereocenters. The van der Waals surface area contributed by atoms with Crippen LogP contribution in [0.5, 0.6) is 0 Å². The summed E-state index contributed by atoms with van der Waals surface area (Å²) in [7, 11) is 0. The standard InChI is InChI=1S/C61H41NS/c1-4-17-42(18-5-1)45-33-40-58(55(41-45)43-19-6-2-7-20-43)62(48-36-31-44(32-37-48)50-26-16-27-54-53-25-12-15-30-59(53)63-60(50)54)49-38-34-47(35-39-49)61(46-21-8-3-9-22-46)56-28-13-10-23-51(56)52-24-11-14-29-57(52)61/h1-41H. The van der Waals surface area contributed by atoms with Crippen LogP contribution < -0.4 is 4.90 Å². The topological polar surface area (TPSA) is 3.24 Å². The molecule has 0 bridgehead atoms. The lowest BCUT2D eigenvalue weighted by Crippen LogP contribution is -2.28. The molecule has 11 aromatic rings. The molecule has 2 heteroatoms. The molecule has 296 valence electrons. The molecule has 1 aliphatic rings. The Morgan fingerprint density at radius 3 is 1.49 bits per heavy atom. The molecule has 0 aliphatic heterocycles. The van der Waals surface area contributed by atoms with Gasteiger partial charge in [-0.1, -0.05) is 206 Å². The Morgan fingerprint density at radius 1 is 0.317 bits per heavy atom. The van der Waals surface area contributed by atoms with Crippen LogP contribution in [-0.4, -0.2) is 0 Å². The molecule has 0 amide bonds. The zero-order valence-corrected chi connectivity index (χ0v) is 35.3. The van der Waals surface area contributed by atoms with Gasteiger partial charge in [0.2, 0.25) is 0 Å². The summed E-state index contributed by atoms with van der Waals surface area (Å²) in [5.74, 6) is 0. The summed E-state index contributed by atoms with van der Waals surface area (Å²) in [6.45, 7) is 0. The maximum absolute atomic E-state index is 2.44. The first-order chi connectivity index (χ1) is 31.3. The summed E-state index contributed by atoms with van der Waals surface area (Å²) in [4.78, 5) is 2.44. The molecule has 0 radical (unpaired) electrons. The SMILES string of the molecule is c1ccc(-c2ccc(N(c3ccc(-c4cccc5c4sc4ccccc45)cc3)c3ccc(C4(c5ccccc5)c5ccccc5-c5ccccc54)cc3)c(-c3ccccc3)c2)cc1. The van der Waals surface area contributed by atoms with Gasteiger partial charge >= 0.3 is 0 Å². The monoisotopic (exact) mass is 819 g/mol. The summed E-state index contributed by atoms with van der Waals surface area (Å²) in [5, 5.41) is 2.63. The minimum Gasteiger partial charge on any atom is -0.310 e. The van der Waals surface area contributed by atoms with E-state index in [4.69, 9.17) is 0 Å². The van der Waals surface area contributed by atoms with E-state index in [9.17, 15) is 0 Å². The predicted octanol–water partition coefficient (Wildman–Crippen LogP) is 16.9. The Morgan fingerprint density at radius 2 is 0.810 bits per heavy atom. The van der Waals surface area contributed by atoms with Gasteiger partial charge in [0.05, 0.1) is 11.1 Å². The van der Waals surface area contributed by atoms with Crippen molar-refractivity contribution in [2.45, 2.75) is 5.41 Å². The second-order valence-electron chi connectivity index (χ2n) is 16.4. The molecule has 0 saturated heterocycles. The van der Waals surface area contributed by atoms with Gasteiger partial charge in [-0.3, -0.25) is 0 Å². The van der Waals surface area contributed by atoms with Gasteiger partial charge in [-0.2, -0.15) is 0 Å². The molecular weight excluding hydrogens is 779 g/mol. The van der Waals surface area contributed by atoms with Crippen molar-refractivity contribution in [1.29, 1.82) is 0 Å². The van der Waals surface area contributed by atoms with Crippen molar-refractivity contribution in [2.75, 3.05) is 4.90 Å². The van der Waals surface area contributed by atoms with Gasteiger partial charge in [-0.25, -0.2) is 0 Å². The van der Waals surface area contributed by atoms with Crippen molar-refractivity contribution in [3.63, 3.8) is 0 Å². The molecule has 0 fully saturated rings. The normalized spacial score (nSPS) is 12.6. The van der Waals surface area contributed by atoms with E-state index < -0.39 is 5.41 Å². The second kappa shape index (κ2) is 15.3. The zero-order valence-electron chi connectivity index (χ0n) is 34.5. The summed E-state index contributed by atoms with van der Waals surface area (Å²) in [6.07, 6.45) is 0. The number of hydrogen-bond acceptors (Lipinski definition) is 2. The van der Waals surface area contributed by atoms with Crippen LogP contribution in [0.25, 0.3) is 64.7 Å². The fourth-order valence-electron chi connectivity index (χ4n) is 10.2. The lowest BCUT2D eigenvalue weighted by molar-refractivity contribution is 0.768. The van der Waals surface area contributed by atoms with Crippen LogP contribution in [0, 0.1) is 0 Å². The van der Waals surface area contributed by atoms with Crippen LogP contribution in [0.2, 0.25) is 0 Å². The van der Waals surface area contributed by atoms with Crippen molar-refractivity contribution < 1.29 is 0 Å². The fourth-order valence-corrected chi connectivity index (χ4v) is 11.4. The number of rotatable bonds is 8. The number of hydrogen-bond donors (Lipinski definition) is 0. The number of fused-ring (bicyclic) bond motifs is 6. The second-order valence-corrected chi connectivity index (χ2v) is 17.4. The molecule has 1 aromatic heterocycles. The molecule has 0 saturated carbocycles. The van der Waals surface area contributed by atoms with Crippen LogP contribution >= 0.6 is 11.3 Å². The van der Waals surface area contributed by atoms with Crippen LogP contribution in [-0.2, 0) is 5.41 Å². The van der Waals surface area contributed by atoms with Gasteiger partial charge in [-0.15, -0.1) is 11.3 Å². The van der Waals surface area contributed by atoms with E-state index in [-0.39, 0.29) is 0 Å². The molecule has 0 spiro atoms. The van der Waals surface area contributed by atoms with Gasteiger partial charge in [0.25, 0.3) is 0 Å². The quantitative estimate of drug-likeness (QED) is 0.148. The highest BCUT2D eigenvalue weighted by Crippen LogP contribution is 2.56. The average Bonchev–Trinajstić information content (AvgIpc) is 3.90. The molecule has 0 atom stereocenters. The molecule has 1 heterocycles. The van der Waals surface area contributed by atoms with Crippen molar-refractivity contribution in [3.8, 4) is 44.5 Å². The summed E-state index contributed by atoms with van der Waals surface area (Å²) in [5.41, 5.74) is 17.7. The number of nitrogens with zero attached hydrogens (tertiary/aromatic N) is 1. The number of thiophene rings is 1. The van der Waals surface area contributed by atoms with E-state index >= 15 is 0 Å². The van der Waals surface area contributed by atoms with Crippen LogP contribution in [0.15, 0.2) is 249 Å². The van der Waals surface area contributed by atoms with Crippen molar-refractivity contribution in [3.05, 3.63) is 271 Å². The zero-order chi connectivity index (χ0) is 41.7. The Kier molecular flexibility index (Phi) is 8.98. The average molecular weight is 820 g/mol. The maximum atomic E-state index is 2.44. The molecule has 0 N–H and O–H groups in total. The van der Waals surface area contributed by atoms with Gasteiger partial charge < -0.3 is 4.90 Å². The minimum absolute atomic E-state index is 0.473. The Labute approximate surface area is 372 Å². The number of anilines is 3. The van der Waals surface area contributed by atoms with Gasteiger partial charge in [-0.05, 0) is 104 Å². The third-order valence-electron chi connectivity index (χ3n) is 13.0. The number of benzene rings is 10. The largest absolute Gasteiger partial charge is 0.310 e. The van der Waals surface area contributed by atoms with Gasteiger partial charge in [0, 0.05) is 37.1 Å². The predicted molar refractivity (Wildman–Crippen MR) is 268 cm³/mol. The summed E-state index contributed by atoms with van der Waals surface area (Å²) < 4.78 is 2.64. The van der Waals surface area contributed by atoms with Crippen LogP contribution in [0.1, 0.15) is 22.3 Å². The van der Waals surface area contributed by atoms with Crippen LogP contribution in [0.3, 0.4) is 0 Å². The van der Waals surface area contributed by atoms with Gasteiger partial charge in [0.1, 0.15) is 0 Å². The lowest BCUT2D eigenvalue weighted by Gasteiger charge is -2.34. The minimum atomic E-state index is -0.473. The molecular formula is C61H41NS. The van der Waals surface area contributed by atoms with E-state index in [0.29, 0.717) is 0 Å². The summed E-state index contributed by atoms with van der Waals surface area (Å²) in [6, 6.07) is 91.4. The third kappa shape index (κ3) is 6.06. The molecule has 10 aromatic carbocycles. The smallest absolute Gasteiger partial charge is 0.0713 e. The first-order valence-corrected chi connectivity index (χ1v) is 22.5. The van der Waals surface area contributed by atoms with E-state index in [2.05, 4.69) is 254 Å². The first kappa shape index (κ1) is 37.0. The third-order valence-corrected chi connectivity index (χ3v) is 14.2. The Bertz CT molecular complexity index is 3380. The molecule has 1 aliphatic carbocycles. The molecule has 1 nitrogen and oxygen atoms in total. The van der Waals surface area contributed by atoms with Crippen molar-refractivity contribution >= 4 is 48.6 Å². The Balaban J connectivity index is 1.05. The summed E-state index contributed by atoms with van der Waals surface area (Å²) >= 11 is 1.88. The fraction of sp³-hybridized carbons (Fsp3) is 0.0164. The molecule has 12 rings (SSSR count). The lowest BCUT2D eigenvalue weighted by atomic mass is 9.68. The highest BCUT2D eigenvalue weighted by Gasteiger charge is 2.45. The molecule has 63 heavy (non-hydrogen) atoms. The van der Waals surface area contributed by atoms with Crippen molar-refractivity contribution in [2.24, 2.45) is 0 Å². The highest BCUT2D eigenvalue weighted by molar-refractivity contribution is 7.26. The van der Waals surface area contributed by atoms with Crippen molar-refractivity contribution in [1.82, 2.24) is 0 Å².